The van der Waals surface area contributed by atoms with Crippen molar-refractivity contribution in [3.8, 4) is 0 Å². The molecule has 6 nitrogen and oxygen atoms in total. The Labute approximate surface area is 153 Å². The third-order valence-corrected chi connectivity index (χ3v) is 3.71. The third-order valence-electron chi connectivity index (χ3n) is 3.71. The van der Waals surface area contributed by atoms with Gasteiger partial charge in [-0.25, -0.2) is 9.59 Å². The van der Waals surface area contributed by atoms with E-state index in [2.05, 4.69) is 5.32 Å². The van der Waals surface area contributed by atoms with Crippen LogP contribution in [0.4, 0.5) is 4.79 Å². The molecule has 0 aliphatic heterocycles. The molecule has 1 amide bonds. The van der Waals surface area contributed by atoms with Crippen molar-refractivity contribution in [2.24, 2.45) is 5.73 Å². The molecule has 138 valence electrons. The maximum Gasteiger partial charge on any atom is 0.408 e. The smallest absolute Gasteiger partial charge is 0.408 e. The van der Waals surface area contributed by atoms with Crippen LogP contribution in [-0.2, 0) is 27.5 Å². The van der Waals surface area contributed by atoms with Crippen molar-refractivity contribution in [3.63, 3.8) is 0 Å². The lowest BCUT2D eigenvalue weighted by Gasteiger charge is -2.17. The summed E-state index contributed by atoms with van der Waals surface area (Å²) in [5.41, 5.74) is 7.26. The van der Waals surface area contributed by atoms with Crippen LogP contribution in [0.3, 0.4) is 0 Å². The highest BCUT2D eigenvalue weighted by atomic mass is 16.6. The zero-order valence-electron chi connectivity index (χ0n) is 14.6. The SMILES string of the molecule is NCCC[C@@H](NC(=O)OCc1ccccc1)C(=O)OCc1ccccc1. The van der Waals surface area contributed by atoms with Crippen LogP contribution >= 0.6 is 0 Å². The molecule has 0 spiro atoms. The summed E-state index contributed by atoms with van der Waals surface area (Å²) in [5, 5.41) is 2.57. The van der Waals surface area contributed by atoms with Crippen LogP contribution in [0, 0.1) is 0 Å². The van der Waals surface area contributed by atoms with Gasteiger partial charge in [-0.05, 0) is 30.5 Å². The van der Waals surface area contributed by atoms with Gasteiger partial charge < -0.3 is 20.5 Å². The van der Waals surface area contributed by atoms with E-state index in [1.807, 2.05) is 60.7 Å². The van der Waals surface area contributed by atoms with Gasteiger partial charge in [-0.3, -0.25) is 0 Å². The van der Waals surface area contributed by atoms with Gasteiger partial charge >= 0.3 is 12.1 Å². The Bertz CT molecular complexity index is 677. The summed E-state index contributed by atoms with van der Waals surface area (Å²) in [5.74, 6) is -0.501. The van der Waals surface area contributed by atoms with Crippen LogP contribution in [0.2, 0.25) is 0 Å². The van der Waals surface area contributed by atoms with Crippen molar-refractivity contribution in [2.45, 2.75) is 32.1 Å². The van der Waals surface area contributed by atoms with Gasteiger partial charge in [0.15, 0.2) is 0 Å². The second-order valence-corrected chi connectivity index (χ2v) is 5.78. The number of ether oxygens (including phenoxy) is 2. The first-order valence-electron chi connectivity index (χ1n) is 8.57. The Morgan fingerprint density at radius 2 is 1.42 bits per heavy atom. The molecular formula is C20H24N2O4. The summed E-state index contributed by atoms with van der Waals surface area (Å²) < 4.78 is 10.5. The molecular weight excluding hydrogens is 332 g/mol. The number of nitrogens with one attached hydrogen (secondary N) is 1. The zero-order chi connectivity index (χ0) is 18.6. The van der Waals surface area contributed by atoms with Gasteiger partial charge in [0, 0.05) is 0 Å². The fourth-order valence-corrected chi connectivity index (χ4v) is 2.31. The van der Waals surface area contributed by atoms with E-state index in [1.165, 1.54) is 0 Å². The normalized spacial score (nSPS) is 11.4. The van der Waals surface area contributed by atoms with Gasteiger partial charge in [-0.15, -0.1) is 0 Å². The van der Waals surface area contributed by atoms with Gasteiger partial charge in [0.25, 0.3) is 0 Å². The first-order chi connectivity index (χ1) is 12.7. The van der Waals surface area contributed by atoms with E-state index in [4.69, 9.17) is 15.2 Å². The number of alkyl carbamates (subject to hydrolysis) is 1. The van der Waals surface area contributed by atoms with E-state index >= 15 is 0 Å². The summed E-state index contributed by atoms with van der Waals surface area (Å²) in [6.45, 7) is 0.706. The zero-order valence-corrected chi connectivity index (χ0v) is 14.6. The molecule has 0 unspecified atom stereocenters. The van der Waals surface area contributed by atoms with Gasteiger partial charge in [-0.2, -0.15) is 0 Å². The Morgan fingerprint density at radius 3 is 1.96 bits per heavy atom. The van der Waals surface area contributed by atoms with Crippen molar-refractivity contribution in [2.75, 3.05) is 6.54 Å². The fraction of sp³-hybridized carbons (Fsp3) is 0.300. The highest BCUT2D eigenvalue weighted by molar-refractivity contribution is 5.81. The van der Waals surface area contributed by atoms with Crippen molar-refractivity contribution < 1.29 is 19.1 Å². The van der Waals surface area contributed by atoms with Crippen molar-refractivity contribution >= 4 is 12.1 Å². The van der Waals surface area contributed by atoms with Crippen LogP contribution in [0.15, 0.2) is 60.7 Å². The Hall–Kier alpha value is -2.86. The highest BCUT2D eigenvalue weighted by Crippen LogP contribution is 2.06. The van der Waals surface area contributed by atoms with Gasteiger partial charge in [0.2, 0.25) is 0 Å². The second-order valence-electron chi connectivity index (χ2n) is 5.78. The van der Waals surface area contributed by atoms with Crippen LogP contribution in [0.5, 0.6) is 0 Å². The first kappa shape index (κ1) is 19.5. The van der Waals surface area contributed by atoms with Crippen molar-refractivity contribution in [1.29, 1.82) is 0 Å². The number of hydrogen-bond donors (Lipinski definition) is 2. The summed E-state index contributed by atoms with van der Waals surface area (Å²) in [4.78, 5) is 24.3. The molecule has 0 aliphatic carbocycles. The molecule has 6 heteroatoms. The highest BCUT2D eigenvalue weighted by Gasteiger charge is 2.22. The van der Waals surface area contributed by atoms with Crippen LogP contribution < -0.4 is 11.1 Å². The summed E-state index contributed by atoms with van der Waals surface area (Å²) in [6, 6.07) is 17.9. The average molecular weight is 356 g/mol. The molecule has 0 heterocycles. The number of rotatable bonds is 9. The molecule has 0 fully saturated rings. The quantitative estimate of drug-likeness (QED) is 0.674. The number of hydrogen-bond acceptors (Lipinski definition) is 5. The number of carbonyl (C=O) groups excluding carboxylic acids is 2. The lowest BCUT2D eigenvalue weighted by molar-refractivity contribution is -0.147. The predicted molar refractivity (Wildman–Crippen MR) is 98.1 cm³/mol. The first-order valence-corrected chi connectivity index (χ1v) is 8.57. The summed E-state index contributed by atoms with van der Waals surface area (Å²) in [7, 11) is 0. The van der Waals surface area contributed by atoms with E-state index in [0.29, 0.717) is 19.4 Å². The molecule has 1 atom stereocenters. The fourth-order valence-electron chi connectivity index (χ4n) is 2.31. The van der Waals surface area contributed by atoms with Crippen LogP contribution in [0.25, 0.3) is 0 Å². The standard InChI is InChI=1S/C20H24N2O4/c21-13-7-12-18(19(23)25-14-16-8-3-1-4-9-16)22-20(24)26-15-17-10-5-2-6-11-17/h1-6,8-11,18H,7,12-15,21H2,(H,22,24)/t18-/m1/s1. The molecule has 0 aliphatic rings. The van der Waals surface area contributed by atoms with E-state index in [-0.39, 0.29) is 13.2 Å². The lowest BCUT2D eigenvalue weighted by atomic mass is 10.1. The molecule has 0 aromatic heterocycles. The van der Waals surface area contributed by atoms with E-state index in [1.54, 1.807) is 0 Å². The van der Waals surface area contributed by atoms with E-state index in [0.717, 1.165) is 11.1 Å². The molecule has 2 aromatic rings. The van der Waals surface area contributed by atoms with Crippen molar-refractivity contribution in [1.82, 2.24) is 5.32 Å². The summed E-state index contributed by atoms with van der Waals surface area (Å²) >= 11 is 0. The van der Waals surface area contributed by atoms with E-state index in [9.17, 15) is 9.59 Å². The molecule has 26 heavy (non-hydrogen) atoms. The van der Waals surface area contributed by atoms with Gasteiger partial charge in [0.1, 0.15) is 19.3 Å². The minimum Gasteiger partial charge on any atom is -0.459 e. The number of carbonyl (C=O) groups is 2. The maximum atomic E-state index is 12.3. The number of esters is 1. The van der Waals surface area contributed by atoms with Crippen molar-refractivity contribution in [3.05, 3.63) is 71.8 Å². The number of benzene rings is 2. The topological polar surface area (TPSA) is 90.6 Å². The molecule has 0 saturated carbocycles. The Kier molecular flexibility index (Phi) is 8.15. The van der Waals surface area contributed by atoms with Gasteiger partial charge in [0.05, 0.1) is 0 Å². The molecule has 2 aromatic carbocycles. The number of nitrogens with two attached hydrogens (primary N) is 1. The van der Waals surface area contributed by atoms with Gasteiger partial charge in [-0.1, -0.05) is 60.7 Å². The Morgan fingerprint density at radius 1 is 0.885 bits per heavy atom. The molecule has 0 bridgehead atoms. The largest absolute Gasteiger partial charge is 0.459 e. The predicted octanol–water partition coefficient (Wildman–Crippen LogP) is 2.76. The monoisotopic (exact) mass is 356 g/mol. The summed E-state index contributed by atoms with van der Waals surface area (Å²) in [6.07, 6.45) is 0.321. The van der Waals surface area contributed by atoms with Crippen LogP contribution in [-0.4, -0.2) is 24.6 Å². The Balaban J connectivity index is 1.84. The second kappa shape index (κ2) is 10.9. The molecule has 2 rings (SSSR count). The van der Waals surface area contributed by atoms with Crippen LogP contribution in [0.1, 0.15) is 24.0 Å². The molecule has 3 N–H and O–H groups in total. The minimum absolute atomic E-state index is 0.134. The molecule has 0 saturated heterocycles. The lowest BCUT2D eigenvalue weighted by Crippen LogP contribution is -2.42. The third kappa shape index (κ3) is 6.94. The minimum atomic E-state index is -0.787. The number of amides is 1. The van der Waals surface area contributed by atoms with E-state index < -0.39 is 18.1 Å². The average Bonchev–Trinajstić information content (AvgIpc) is 2.69. The maximum absolute atomic E-state index is 12.3. The molecule has 0 radical (unpaired) electrons.